The third kappa shape index (κ3) is 2.40. The molecule has 4 heteroatoms. The van der Waals surface area contributed by atoms with Crippen LogP contribution in [0.3, 0.4) is 0 Å². The Bertz CT molecular complexity index is 546. The van der Waals surface area contributed by atoms with Gasteiger partial charge in [-0.05, 0) is 24.3 Å². The van der Waals surface area contributed by atoms with Crippen LogP contribution < -0.4 is 4.74 Å². The Hall–Kier alpha value is -2.41. The molecule has 2 heterocycles. The molecule has 4 nitrogen and oxygen atoms in total. The molecule has 0 fully saturated rings. The first-order chi connectivity index (χ1) is 8.35. The second kappa shape index (κ2) is 5.08. The lowest BCUT2D eigenvalue weighted by Crippen LogP contribution is -1.95. The van der Waals surface area contributed by atoms with Crippen LogP contribution in [-0.4, -0.2) is 17.1 Å². The lowest BCUT2D eigenvalue weighted by atomic mass is 10.1. The van der Waals surface area contributed by atoms with Crippen LogP contribution in [0.4, 0.5) is 0 Å². The average Bonchev–Trinajstić information content (AvgIpc) is 2.40. The lowest BCUT2D eigenvalue weighted by Gasteiger charge is -2.08. The molecule has 0 amide bonds. The summed E-state index contributed by atoms with van der Waals surface area (Å²) >= 11 is 0. The van der Waals surface area contributed by atoms with Crippen molar-refractivity contribution in [3.05, 3.63) is 42.4 Å². The summed E-state index contributed by atoms with van der Waals surface area (Å²) in [6, 6.07) is 9.45. The van der Waals surface area contributed by atoms with Crippen LogP contribution in [0.5, 0.6) is 5.75 Å². The van der Waals surface area contributed by atoms with Gasteiger partial charge >= 0.3 is 0 Å². The van der Waals surface area contributed by atoms with Crippen molar-refractivity contribution in [3.63, 3.8) is 0 Å². The number of hydrogen-bond acceptors (Lipinski definition) is 4. The summed E-state index contributed by atoms with van der Waals surface area (Å²) in [6.07, 6.45) is 3.72. The van der Waals surface area contributed by atoms with Crippen molar-refractivity contribution in [1.82, 2.24) is 9.97 Å². The molecule has 0 aliphatic heterocycles. The smallest absolute Gasteiger partial charge is 0.145 e. The van der Waals surface area contributed by atoms with E-state index in [9.17, 15) is 0 Å². The summed E-state index contributed by atoms with van der Waals surface area (Å²) in [5.41, 5.74) is 2.32. The second-order valence-corrected chi connectivity index (χ2v) is 3.43. The van der Waals surface area contributed by atoms with E-state index in [4.69, 9.17) is 10.00 Å². The molecule has 0 saturated heterocycles. The molecular weight excluding hydrogens is 214 g/mol. The number of hydrogen-bond donors (Lipinski definition) is 0. The third-order valence-corrected chi connectivity index (χ3v) is 2.33. The lowest BCUT2D eigenvalue weighted by molar-refractivity contribution is 0.414. The molecule has 0 bridgehead atoms. The van der Waals surface area contributed by atoms with Gasteiger partial charge in [-0.1, -0.05) is 0 Å². The number of pyridine rings is 2. The van der Waals surface area contributed by atoms with Gasteiger partial charge in [0, 0.05) is 18.0 Å². The number of nitrogens with zero attached hydrogens (tertiary/aromatic N) is 3. The molecule has 0 aromatic carbocycles. The molecule has 0 atom stereocenters. The molecule has 84 valence electrons. The van der Waals surface area contributed by atoms with Crippen LogP contribution in [0, 0.1) is 11.3 Å². The maximum atomic E-state index is 8.67. The highest BCUT2D eigenvalue weighted by Crippen LogP contribution is 2.27. The van der Waals surface area contributed by atoms with Crippen molar-refractivity contribution in [2.75, 3.05) is 7.11 Å². The maximum Gasteiger partial charge on any atom is 0.145 e. The third-order valence-electron chi connectivity index (χ3n) is 2.33. The molecule has 0 radical (unpaired) electrons. The van der Waals surface area contributed by atoms with Crippen LogP contribution in [0.1, 0.15) is 5.69 Å². The molecule has 2 aromatic rings. The number of methoxy groups -OCH3 is 1. The Balaban J connectivity index is 2.51. The van der Waals surface area contributed by atoms with Crippen molar-refractivity contribution in [2.45, 2.75) is 6.42 Å². The minimum absolute atomic E-state index is 0.289. The zero-order valence-electron chi connectivity index (χ0n) is 9.42. The molecule has 17 heavy (non-hydrogen) atoms. The van der Waals surface area contributed by atoms with Crippen molar-refractivity contribution in [1.29, 1.82) is 5.26 Å². The zero-order chi connectivity index (χ0) is 12.1. The minimum atomic E-state index is 0.289. The number of rotatable bonds is 3. The molecule has 0 N–H and O–H groups in total. The van der Waals surface area contributed by atoms with Crippen LogP contribution in [0.25, 0.3) is 11.3 Å². The number of aromatic nitrogens is 2. The summed E-state index contributed by atoms with van der Waals surface area (Å²) < 4.78 is 5.26. The van der Waals surface area contributed by atoms with Gasteiger partial charge < -0.3 is 4.74 Å². The summed E-state index contributed by atoms with van der Waals surface area (Å²) in [4.78, 5) is 8.47. The molecule has 0 aliphatic carbocycles. The van der Waals surface area contributed by atoms with E-state index in [0.29, 0.717) is 11.4 Å². The average molecular weight is 225 g/mol. The fourth-order valence-corrected chi connectivity index (χ4v) is 1.54. The first-order valence-corrected chi connectivity index (χ1v) is 5.16. The van der Waals surface area contributed by atoms with Crippen molar-refractivity contribution in [2.24, 2.45) is 0 Å². The van der Waals surface area contributed by atoms with E-state index in [1.807, 2.05) is 18.2 Å². The molecule has 0 aliphatic rings. The van der Waals surface area contributed by atoms with Gasteiger partial charge in [-0.25, -0.2) is 4.98 Å². The van der Waals surface area contributed by atoms with Crippen molar-refractivity contribution in [3.8, 4) is 23.1 Å². The highest BCUT2D eigenvalue weighted by Gasteiger charge is 2.08. The van der Waals surface area contributed by atoms with E-state index in [1.165, 1.54) is 0 Å². The minimum Gasteiger partial charge on any atom is -0.494 e. The van der Waals surface area contributed by atoms with Crippen LogP contribution in [-0.2, 0) is 6.42 Å². The summed E-state index contributed by atoms with van der Waals surface area (Å²) in [7, 11) is 1.60. The van der Waals surface area contributed by atoms with Gasteiger partial charge in [-0.3, -0.25) is 4.98 Å². The predicted octanol–water partition coefficient (Wildman–Crippen LogP) is 2.22. The van der Waals surface area contributed by atoms with Gasteiger partial charge in [0.1, 0.15) is 11.4 Å². The Kier molecular flexibility index (Phi) is 3.31. The first-order valence-electron chi connectivity index (χ1n) is 5.16. The Morgan fingerprint density at radius 3 is 2.88 bits per heavy atom. The predicted molar refractivity (Wildman–Crippen MR) is 63.3 cm³/mol. The summed E-state index contributed by atoms with van der Waals surface area (Å²) in [5.74, 6) is 0.680. The summed E-state index contributed by atoms with van der Waals surface area (Å²) in [6.45, 7) is 0. The van der Waals surface area contributed by atoms with Gasteiger partial charge in [0.15, 0.2) is 0 Å². The highest BCUT2D eigenvalue weighted by atomic mass is 16.5. The molecular formula is C13H11N3O. The molecule has 0 saturated carbocycles. The number of nitriles is 1. The standard InChI is InChI=1S/C13H11N3O/c1-17-12-5-4-11(6-7-14)16-13(12)10-3-2-8-15-9-10/h2-5,8-9H,6H2,1H3. The second-order valence-electron chi connectivity index (χ2n) is 3.43. The number of ether oxygens (including phenoxy) is 1. The van der Waals surface area contributed by atoms with Gasteiger partial charge in [-0.2, -0.15) is 5.26 Å². The normalized spacial score (nSPS) is 9.65. The van der Waals surface area contributed by atoms with E-state index < -0.39 is 0 Å². The Morgan fingerprint density at radius 1 is 1.35 bits per heavy atom. The quantitative estimate of drug-likeness (QED) is 0.803. The maximum absolute atomic E-state index is 8.67. The van der Waals surface area contributed by atoms with E-state index >= 15 is 0 Å². The monoisotopic (exact) mass is 225 g/mol. The summed E-state index contributed by atoms with van der Waals surface area (Å²) in [5, 5.41) is 8.67. The zero-order valence-corrected chi connectivity index (χ0v) is 9.42. The Labute approximate surface area is 99.5 Å². The highest BCUT2D eigenvalue weighted by molar-refractivity contribution is 5.65. The SMILES string of the molecule is COc1ccc(CC#N)nc1-c1cccnc1. The molecule has 2 aromatic heterocycles. The van der Waals surface area contributed by atoms with Crippen LogP contribution >= 0.6 is 0 Å². The van der Waals surface area contributed by atoms with Gasteiger partial charge in [0.2, 0.25) is 0 Å². The van der Waals surface area contributed by atoms with E-state index in [1.54, 1.807) is 25.6 Å². The van der Waals surface area contributed by atoms with Gasteiger partial charge in [0.25, 0.3) is 0 Å². The van der Waals surface area contributed by atoms with E-state index in [0.717, 1.165) is 11.3 Å². The molecule has 0 unspecified atom stereocenters. The largest absolute Gasteiger partial charge is 0.494 e. The fourth-order valence-electron chi connectivity index (χ4n) is 1.54. The van der Waals surface area contributed by atoms with Crippen LogP contribution in [0.15, 0.2) is 36.7 Å². The first kappa shape index (κ1) is 11.1. The molecule has 0 spiro atoms. The van der Waals surface area contributed by atoms with Gasteiger partial charge in [-0.15, -0.1) is 0 Å². The van der Waals surface area contributed by atoms with Crippen LogP contribution in [0.2, 0.25) is 0 Å². The Morgan fingerprint density at radius 2 is 2.24 bits per heavy atom. The van der Waals surface area contributed by atoms with E-state index in [2.05, 4.69) is 16.0 Å². The van der Waals surface area contributed by atoms with Crippen molar-refractivity contribution < 1.29 is 4.74 Å². The van der Waals surface area contributed by atoms with Crippen molar-refractivity contribution >= 4 is 0 Å². The topological polar surface area (TPSA) is 58.8 Å². The van der Waals surface area contributed by atoms with E-state index in [-0.39, 0.29) is 6.42 Å². The van der Waals surface area contributed by atoms with Gasteiger partial charge in [0.05, 0.1) is 25.3 Å². The molecule has 2 rings (SSSR count). The fraction of sp³-hybridized carbons (Fsp3) is 0.154.